The Morgan fingerprint density at radius 3 is 2.50 bits per heavy atom. The standard InChI is InChI=1S/C27H22Cl2N6O2S/c1-16-25(26(35-24(31-16)12-13-30-35)17-8-10-20(28)21(29)14-17)27-32-22-15-19(9-11-23(22)34(27)2)38(36,37)33-18-6-4-3-5-7-18/h3-15,25-26,33H,1-2H3. The van der Waals surface area contributed by atoms with Crippen LogP contribution in [0.25, 0.3) is 11.0 Å². The number of aromatic nitrogens is 4. The lowest BCUT2D eigenvalue weighted by Crippen LogP contribution is -2.30. The van der Waals surface area contributed by atoms with E-state index in [1.807, 2.05) is 47.5 Å². The maximum atomic E-state index is 13.1. The third-order valence-corrected chi connectivity index (χ3v) is 8.87. The number of hydrogen-bond acceptors (Lipinski definition) is 5. The van der Waals surface area contributed by atoms with E-state index in [4.69, 9.17) is 33.2 Å². The number of hydrogen-bond donors (Lipinski definition) is 1. The molecule has 0 spiro atoms. The summed E-state index contributed by atoms with van der Waals surface area (Å²) in [6.07, 6.45) is 1.71. The number of benzene rings is 3. The van der Waals surface area contributed by atoms with Crippen molar-refractivity contribution < 1.29 is 8.42 Å². The molecule has 0 aliphatic carbocycles. The van der Waals surface area contributed by atoms with Crippen molar-refractivity contribution in [1.82, 2.24) is 19.3 Å². The molecule has 1 aliphatic rings. The molecule has 2 atom stereocenters. The van der Waals surface area contributed by atoms with Gasteiger partial charge in [-0.15, -0.1) is 0 Å². The molecule has 192 valence electrons. The average molecular weight is 565 g/mol. The van der Waals surface area contributed by atoms with Crippen molar-refractivity contribution in [2.24, 2.45) is 12.0 Å². The summed E-state index contributed by atoms with van der Waals surface area (Å²) in [4.78, 5) is 9.85. The minimum Gasteiger partial charge on any atom is -0.330 e. The van der Waals surface area contributed by atoms with Crippen LogP contribution in [0.15, 0.2) is 88.9 Å². The van der Waals surface area contributed by atoms with Crippen LogP contribution in [0.5, 0.6) is 0 Å². The molecule has 2 aromatic heterocycles. The number of imidazole rings is 1. The fourth-order valence-corrected chi connectivity index (χ4v) is 6.34. The molecule has 0 amide bonds. The van der Waals surface area contributed by atoms with Crippen LogP contribution < -0.4 is 4.72 Å². The second-order valence-corrected chi connectivity index (χ2v) is 11.6. The number of aryl methyl sites for hydroxylation is 1. The first-order chi connectivity index (χ1) is 18.2. The van der Waals surface area contributed by atoms with E-state index in [1.165, 1.54) is 0 Å². The Balaban J connectivity index is 1.46. The normalized spacial score (nSPS) is 17.3. The van der Waals surface area contributed by atoms with Gasteiger partial charge in [-0.3, -0.25) is 4.72 Å². The minimum atomic E-state index is -3.80. The summed E-state index contributed by atoms with van der Waals surface area (Å²) in [5.74, 6) is 1.16. The number of halogens is 2. The number of sulfonamides is 1. The number of para-hydroxylation sites is 1. The molecule has 2 unspecified atom stereocenters. The fraction of sp³-hybridized carbons (Fsp3) is 0.148. The van der Waals surface area contributed by atoms with Gasteiger partial charge in [0.1, 0.15) is 5.82 Å². The minimum absolute atomic E-state index is 0.128. The fourth-order valence-electron chi connectivity index (χ4n) is 4.95. The van der Waals surface area contributed by atoms with Crippen molar-refractivity contribution in [2.75, 3.05) is 4.72 Å². The van der Waals surface area contributed by atoms with Crippen molar-refractivity contribution in [3.8, 4) is 0 Å². The smallest absolute Gasteiger partial charge is 0.261 e. The monoisotopic (exact) mass is 564 g/mol. The van der Waals surface area contributed by atoms with Crippen LogP contribution in [0, 0.1) is 0 Å². The lowest BCUT2D eigenvalue weighted by Gasteiger charge is -2.32. The summed E-state index contributed by atoms with van der Waals surface area (Å²) < 4.78 is 32.6. The molecule has 5 aromatic rings. The van der Waals surface area contributed by atoms with Crippen molar-refractivity contribution in [1.29, 1.82) is 0 Å². The van der Waals surface area contributed by atoms with Crippen molar-refractivity contribution in [3.05, 3.63) is 100 Å². The van der Waals surface area contributed by atoms with Gasteiger partial charge in [-0.25, -0.2) is 23.1 Å². The largest absolute Gasteiger partial charge is 0.330 e. The van der Waals surface area contributed by atoms with Crippen molar-refractivity contribution >= 4 is 61.5 Å². The lowest BCUT2D eigenvalue weighted by molar-refractivity contribution is 0.470. The molecule has 11 heteroatoms. The second-order valence-electron chi connectivity index (χ2n) is 9.13. The molecular weight excluding hydrogens is 543 g/mol. The van der Waals surface area contributed by atoms with Gasteiger partial charge in [0.05, 0.1) is 44.1 Å². The zero-order valence-corrected chi connectivity index (χ0v) is 22.7. The molecule has 1 N–H and O–H groups in total. The summed E-state index contributed by atoms with van der Waals surface area (Å²) in [7, 11) is -1.89. The van der Waals surface area contributed by atoms with Gasteiger partial charge in [-0.05, 0) is 55.0 Å². The van der Waals surface area contributed by atoms with Crippen LogP contribution in [0.2, 0.25) is 10.0 Å². The van der Waals surface area contributed by atoms with Gasteiger partial charge in [0, 0.05) is 24.5 Å². The first-order valence-corrected chi connectivity index (χ1v) is 14.0. The number of rotatable bonds is 5. The zero-order chi connectivity index (χ0) is 26.6. The summed E-state index contributed by atoms with van der Waals surface area (Å²) in [5.41, 5.74) is 3.61. The lowest BCUT2D eigenvalue weighted by atomic mass is 9.87. The van der Waals surface area contributed by atoms with E-state index >= 15 is 0 Å². The SMILES string of the molecule is CC1=Nc2ccnn2C(c2ccc(Cl)c(Cl)c2)C1c1nc2cc(S(=O)(=O)Nc3ccccc3)ccc2n1C. The highest BCUT2D eigenvalue weighted by Gasteiger charge is 2.37. The Hall–Kier alpha value is -3.66. The summed E-state index contributed by atoms with van der Waals surface area (Å²) in [6.45, 7) is 1.96. The molecule has 0 saturated heterocycles. The molecule has 0 bridgehead atoms. The van der Waals surface area contributed by atoms with Crippen LogP contribution in [-0.2, 0) is 17.1 Å². The highest BCUT2D eigenvalue weighted by molar-refractivity contribution is 7.92. The third kappa shape index (κ3) is 4.16. The van der Waals surface area contributed by atoms with Gasteiger partial charge in [-0.1, -0.05) is 47.5 Å². The quantitative estimate of drug-likeness (QED) is 0.269. The first-order valence-electron chi connectivity index (χ1n) is 11.8. The van der Waals surface area contributed by atoms with E-state index in [-0.39, 0.29) is 16.9 Å². The molecule has 3 aromatic carbocycles. The van der Waals surface area contributed by atoms with Gasteiger partial charge >= 0.3 is 0 Å². The molecular formula is C27H22Cl2N6O2S. The van der Waals surface area contributed by atoms with E-state index in [0.29, 0.717) is 21.2 Å². The predicted molar refractivity (Wildman–Crippen MR) is 150 cm³/mol. The zero-order valence-electron chi connectivity index (χ0n) is 20.4. The number of nitrogens with zero attached hydrogens (tertiary/aromatic N) is 5. The number of fused-ring (bicyclic) bond motifs is 2. The molecule has 0 fully saturated rings. The van der Waals surface area contributed by atoms with E-state index in [2.05, 4.69) is 9.82 Å². The Bertz CT molecular complexity index is 1830. The molecule has 0 radical (unpaired) electrons. The maximum absolute atomic E-state index is 13.1. The average Bonchev–Trinajstić information content (AvgIpc) is 3.49. The van der Waals surface area contributed by atoms with Gasteiger partial charge in [0.25, 0.3) is 10.0 Å². The van der Waals surface area contributed by atoms with Crippen LogP contribution in [0.1, 0.15) is 30.3 Å². The second kappa shape index (κ2) is 9.27. The van der Waals surface area contributed by atoms with Crippen LogP contribution in [-0.4, -0.2) is 33.5 Å². The van der Waals surface area contributed by atoms with Crippen LogP contribution >= 0.6 is 23.2 Å². The van der Waals surface area contributed by atoms with E-state index < -0.39 is 10.0 Å². The van der Waals surface area contributed by atoms with E-state index in [0.717, 1.165) is 28.4 Å². The molecule has 8 nitrogen and oxygen atoms in total. The maximum Gasteiger partial charge on any atom is 0.261 e. The van der Waals surface area contributed by atoms with E-state index in [1.54, 1.807) is 54.7 Å². The van der Waals surface area contributed by atoms with E-state index in [9.17, 15) is 8.42 Å². The summed E-state index contributed by atoms with van der Waals surface area (Å²) >= 11 is 12.6. The van der Waals surface area contributed by atoms with Gasteiger partial charge in [0.2, 0.25) is 0 Å². The Kier molecular flexibility index (Phi) is 6.02. The molecule has 1 aliphatic heterocycles. The van der Waals surface area contributed by atoms with Crippen molar-refractivity contribution in [3.63, 3.8) is 0 Å². The summed E-state index contributed by atoms with van der Waals surface area (Å²) in [6, 6.07) is 20.8. The Labute approximate surface area is 229 Å². The van der Waals surface area contributed by atoms with Gasteiger partial charge < -0.3 is 4.57 Å². The van der Waals surface area contributed by atoms with Crippen LogP contribution in [0.4, 0.5) is 11.5 Å². The van der Waals surface area contributed by atoms with Crippen molar-refractivity contribution in [2.45, 2.75) is 23.8 Å². The third-order valence-electron chi connectivity index (χ3n) is 6.76. The highest BCUT2D eigenvalue weighted by atomic mass is 35.5. The molecule has 0 saturated carbocycles. The van der Waals surface area contributed by atoms with Gasteiger partial charge in [0.15, 0.2) is 5.82 Å². The van der Waals surface area contributed by atoms with Gasteiger partial charge in [-0.2, -0.15) is 5.10 Å². The summed E-state index contributed by atoms with van der Waals surface area (Å²) in [5, 5.41) is 5.47. The molecule has 6 rings (SSSR count). The topological polar surface area (TPSA) is 94.2 Å². The Morgan fingerprint density at radius 2 is 1.74 bits per heavy atom. The van der Waals surface area contributed by atoms with Crippen LogP contribution in [0.3, 0.4) is 0 Å². The number of aliphatic imine (C=N–C) groups is 1. The predicted octanol–water partition coefficient (Wildman–Crippen LogP) is 6.36. The Morgan fingerprint density at radius 1 is 0.947 bits per heavy atom. The highest BCUT2D eigenvalue weighted by Crippen LogP contribution is 2.43. The molecule has 38 heavy (non-hydrogen) atoms. The molecule has 3 heterocycles. The first kappa shape index (κ1) is 24.7. The number of nitrogens with one attached hydrogen (secondary N) is 1. The number of anilines is 1.